The van der Waals surface area contributed by atoms with Crippen LogP contribution in [0.15, 0.2) is 84.9 Å². The highest BCUT2D eigenvalue weighted by Crippen LogP contribution is 2.41. The molecule has 0 aromatic heterocycles. The second-order valence-corrected chi connectivity index (χ2v) is 11.2. The number of nitro groups is 2. The van der Waals surface area contributed by atoms with Crippen LogP contribution in [0.25, 0.3) is 0 Å². The number of halogens is 6. The smallest absolute Gasteiger partial charge is 0.416 e. The van der Waals surface area contributed by atoms with Gasteiger partial charge in [0, 0.05) is 36.1 Å². The van der Waals surface area contributed by atoms with Crippen LogP contribution in [0.2, 0.25) is 0 Å². The van der Waals surface area contributed by atoms with E-state index in [2.05, 4.69) is 0 Å². The fourth-order valence-electron chi connectivity index (χ4n) is 5.43. The van der Waals surface area contributed by atoms with E-state index >= 15 is 0 Å². The minimum Gasteiger partial charge on any atom is -0.497 e. The molecule has 0 bridgehead atoms. The van der Waals surface area contributed by atoms with Crippen LogP contribution in [0, 0.1) is 20.2 Å². The van der Waals surface area contributed by atoms with Gasteiger partial charge in [-0.05, 0) is 47.5 Å². The number of benzene rings is 4. The van der Waals surface area contributed by atoms with Crippen molar-refractivity contribution in [3.05, 3.63) is 139 Å². The highest BCUT2D eigenvalue weighted by Gasteiger charge is 2.39. The summed E-state index contributed by atoms with van der Waals surface area (Å²) >= 11 is 0. The summed E-state index contributed by atoms with van der Waals surface area (Å²) in [6.07, 6.45) is -16.3. The van der Waals surface area contributed by atoms with Gasteiger partial charge in [-0.25, -0.2) is 0 Å². The third-order valence-electron chi connectivity index (χ3n) is 7.90. The van der Waals surface area contributed by atoms with Crippen LogP contribution in [0.1, 0.15) is 52.0 Å². The number of carbonyl (C=O) groups is 2. The zero-order chi connectivity index (χ0) is 39.1. The number of nitrogens with zero attached hydrogens (tertiary/aromatic N) is 2. The predicted molar refractivity (Wildman–Crippen MR) is 172 cm³/mol. The summed E-state index contributed by atoms with van der Waals surface area (Å²) in [6.45, 7) is 0. The highest BCUT2D eigenvalue weighted by atomic mass is 19.4. The first-order chi connectivity index (χ1) is 24.9. The molecule has 0 aliphatic rings. The molecule has 0 amide bonds. The van der Waals surface area contributed by atoms with Crippen LogP contribution in [0.4, 0.5) is 37.7 Å². The van der Waals surface area contributed by atoms with Gasteiger partial charge in [0.05, 0.1) is 35.2 Å². The molecule has 2 unspecified atom stereocenters. The van der Waals surface area contributed by atoms with Crippen molar-refractivity contribution >= 4 is 23.3 Å². The van der Waals surface area contributed by atoms with Gasteiger partial charge < -0.3 is 18.9 Å². The van der Waals surface area contributed by atoms with E-state index in [1.165, 1.54) is 62.8 Å². The lowest BCUT2D eigenvalue weighted by Crippen LogP contribution is -2.22. The minimum atomic E-state index is -5.05. The van der Waals surface area contributed by atoms with Gasteiger partial charge in [-0.15, -0.1) is 0 Å². The van der Waals surface area contributed by atoms with E-state index in [0.717, 1.165) is 24.3 Å². The number of hydrogen-bond donors (Lipinski definition) is 0. The molecule has 53 heavy (non-hydrogen) atoms. The third kappa shape index (κ3) is 9.99. The molecule has 0 spiro atoms. The average Bonchev–Trinajstić information content (AvgIpc) is 3.10. The summed E-state index contributed by atoms with van der Waals surface area (Å²) in [4.78, 5) is 47.8. The molecule has 4 aromatic carbocycles. The van der Waals surface area contributed by atoms with Gasteiger partial charge in [0.15, 0.2) is 0 Å². The Hall–Kier alpha value is -6.20. The van der Waals surface area contributed by atoms with Crippen molar-refractivity contribution in [2.45, 2.75) is 43.8 Å². The molecule has 0 aliphatic carbocycles. The molecule has 12 nitrogen and oxygen atoms in total. The van der Waals surface area contributed by atoms with Gasteiger partial charge in [-0.2, -0.15) is 26.3 Å². The Kier molecular flexibility index (Phi) is 12.3. The van der Waals surface area contributed by atoms with Crippen molar-refractivity contribution in [2.75, 3.05) is 14.2 Å². The topological polar surface area (TPSA) is 157 Å². The molecule has 0 saturated carbocycles. The van der Waals surface area contributed by atoms with Crippen molar-refractivity contribution < 1.29 is 64.7 Å². The fourth-order valence-corrected chi connectivity index (χ4v) is 5.43. The maximum Gasteiger partial charge on any atom is 0.416 e. The second-order valence-electron chi connectivity index (χ2n) is 11.2. The van der Waals surface area contributed by atoms with Gasteiger partial charge in [-0.3, -0.25) is 29.8 Å². The van der Waals surface area contributed by atoms with Gasteiger partial charge in [0.1, 0.15) is 30.1 Å². The van der Waals surface area contributed by atoms with E-state index < -0.39 is 99.2 Å². The predicted octanol–water partition coefficient (Wildman–Crippen LogP) is 8.30. The molecule has 0 saturated heterocycles. The molecule has 0 N–H and O–H groups in total. The summed E-state index contributed by atoms with van der Waals surface area (Å²) in [6, 6.07) is 15.4. The normalized spacial score (nSPS) is 12.7. The van der Waals surface area contributed by atoms with Crippen LogP contribution in [0.3, 0.4) is 0 Å². The Morgan fingerprint density at radius 2 is 0.943 bits per heavy atom. The molecular weight excluding hydrogens is 722 g/mol. The Bertz CT molecular complexity index is 1830. The fraction of sp³-hybridized carbons (Fsp3) is 0.257. The van der Waals surface area contributed by atoms with Crippen LogP contribution in [-0.2, 0) is 44.3 Å². The number of nitro benzene ring substituents is 2. The summed E-state index contributed by atoms with van der Waals surface area (Å²) < 4.78 is 105. The summed E-state index contributed by atoms with van der Waals surface area (Å²) in [5.74, 6) is -2.14. The molecule has 0 heterocycles. The van der Waals surface area contributed by atoms with Gasteiger partial charge in [0.25, 0.3) is 11.4 Å². The van der Waals surface area contributed by atoms with Crippen LogP contribution in [0.5, 0.6) is 11.5 Å². The number of ether oxygens (including phenoxy) is 4. The second kappa shape index (κ2) is 16.4. The molecule has 4 aromatic rings. The Morgan fingerprint density at radius 1 is 0.604 bits per heavy atom. The zero-order valence-corrected chi connectivity index (χ0v) is 27.6. The molecule has 0 fully saturated rings. The highest BCUT2D eigenvalue weighted by molar-refractivity contribution is 5.91. The molecule has 2 atom stereocenters. The van der Waals surface area contributed by atoms with Gasteiger partial charge >= 0.3 is 24.3 Å². The third-order valence-corrected chi connectivity index (χ3v) is 7.90. The average molecular weight is 751 g/mol. The number of methoxy groups -OCH3 is 2. The summed E-state index contributed by atoms with van der Waals surface area (Å²) in [7, 11) is 2.67. The molecule has 18 heteroatoms. The van der Waals surface area contributed by atoms with Gasteiger partial charge in [-0.1, -0.05) is 36.4 Å². The lowest BCUT2D eigenvalue weighted by Gasteiger charge is -2.22. The van der Waals surface area contributed by atoms with Crippen molar-refractivity contribution in [2.24, 2.45) is 0 Å². The molecule has 0 radical (unpaired) electrons. The maximum absolute atomic E-state index is 14.0. The number of esters is 2. The Balaban J connectivity index is 1.67. The van der Waals surface area contributed by atoms with Crippen molar-refractivity contribution in [1.82, 2.24) is 0 Å². The van der Waals surface area contributed by atoms with E-state index in [1.54, 1.807) is 0 Å². The number of rotatable bonds is 14. The minimum absolute atomic E-state index is 0.0611. The van der Waals surface area contributed by atoms with E-state index in [0.29, 0.717) is 23.6 Å². The van der Waals surface area contributed by atoms with Gasteiger partial charge in [0.2, 0.25) is 0 Å². The van der Waals surface area contributed by atoms with Crippen molar-refractivity contribution in [1.29, 1.82) is 0 Å². The zero-order valence-electron chi connectivity index (χ0n) is 27.6. The van der Waals surface area contributed by atoms with Crippen molar-refractivity contribution in [3.8, 4) is 11.5 Å². The first kappa shape index (κ1) is 39.6. The van der Waals surface area contributed by atoms with E-state index in [9.17, 15) is 56.2 Å². The standard InChI is InChI=1S/C35H28F6N2O10/c1-50-22-13-9-20(10-14-22)30(17-24-26(34(36,37)38)5-3-7-28(24)42(46)47)52-32(44)19-33(45)53-31(21-11-15-23(51-2)16-12-21)18-25-27(35(39,40)41)6-4-8-29(25)43(48)49/h3-16,30-31H,17-19H2,1-2H3. The molecule has 0 aliphatic heterocycles. The number of alkyl halides is 6. The van der Waals surface area contributed by atoms with Crippen molar-refractivity contribution in [3.63, 3.8) is 0 Å². The van der Waals surface area contributed by atoms with Crippen LogP contribution >= 0.6 is 0 Å². The SMILES string of the molecule is COc1ccc(C(Cc2c([N+](=O)[O-])cccc2C(F)(F)F)OC(=O)CC(=O)OC(Cc2c([N+](=O)[O-])cccc2C(F)(F)F)c2ccc(OC)cc2)cc1. The maximum atomic E-state index is 14.0. The van der Waals surface area contributed by atoms with Crippen LogP contribution < -0.4 is 9.47 Å². The van der Waals surface area contributed by atoms with Crippen LogP contribution in [-0.4, -0.2) is 36.0 Å². The monoisotopic (exact) mass is 750 g/mol. The number of carbonyl (C=O) groups excluding carboxylic acids is 2. The molecule has 4 rings (SSSR count). The lowest BCUT2D eigenvalue weighted by atomic mass is 9.95. The largest absolute Gasteiger partial charge is 0.497 e. The quantitative estimate of drug-likeness (QED) is 0.0404. The lowest BCUT2D eigenvalue weighted by molar-refractivity contribution is -0.386. The molecule has 280 valence electrons. The van der Waals surface area contributed by atoms with E-state index in [-0.39, 0.29) is 11.1 Å². The Labute approximate surface area is 296 Å². The first-order valence-electron chi connectivity index (χ1n) is 15.3. The first-order valence-corrected chi connectivity index (χ1v) is 15.3. The summed E-state index contributed by atoms with van der Waals surface area (Å²) in [5, 5.41) is 23.5. The molecular formula is C35H28F6N2O10. The Morgan fingerprint density at radius 3 is 1.23 bits per heavy atom. The van der Waals surface area contributed by atoms with E-state index in [1.807, 2.05) is 0 Å². The number of hydrogen-bond acceptors (Lipinski definition) is 10. The summed E-state index contributed by atoms with van der Waals surface area (Å²) in [5.41, 5.74) is -6.06. The van der Waals surface area contributed by atoms with E-state index in [4.69, 9.17) is 18.9 Å².